The Morgan fingerprint density at radius 3 is 2.60 bits per heavy atom. The number of halogens is 1. The molecule has 5 heteroatoms. The lowest BCUT2D eigenvalue weighted by atomic mass is 9.80. The molecule has 0 aromatic carbocycles. The number of nitrogens with zero attached hydrogens (tertiary/aromatic N) is 1. The molecule has 4 nitrogen and oxygen atoms in total. The normalized spacial score (nSPS) is 23.1. The fraction of sp³-hybridized carbons (Fsp3) is 0.933. The Bertz CT molecular complexity index is 262. The van der Waals surface area contributed by atoms with Gasteiger partial charge < -0.3 is 15.4 Å². The summed E-state index contributed by atoms with van der Waals surface area (Å²) in [7, 11) is 0. The first kappa shape index (κ1) is 20.0. The number of aliphatic imine (C=N–C) groups is 1. The first-order valence-electron chi connectivity index (χ1n) is 7.87. The Morgan fingerprint density at radius 1 is 1.20 bits per heavy atom. The average Bonchev–Trinajstić information content (AvgIpc) is 2.42. The lowest BCUT2D eigenvalue weighted by Crippen LogP contribution is -2.39. The highest BCUT2D eigenvalue weighted by atomic mass is 127. The molecule has 2 N–H and O–H groups in total. The molecule has 1 fully saturated rings. The maximum absolute atomic E-state index is 5.33. The van der Waals surface area contributed by atoms with E-state index in [1.54, 1.807) is 0 Å². The minimum absolute atomic E-state index is 0. The third kappa shape index (κ3) is 8.29. The van der Waals surface area contributed by atoms with Gasteiger partial charge in [-0.25, -0.2) is 0 Å². The summed E-state index contributed by atoms with van der Waals surface area (Å²) in [6.07, 6.45) is 5.48. The van der Waals surface area contributed by atoms with Crippen LogP contribution in [0.3, 0.4) is 0 Å². The number of ether oxygens (including phenoxy) is 1. The van der Waals surface area contributed by atoms with Crippen molar-refractivity contribution < 1.29 is 4.74 Å². The van der Waals surface area contributed by atoms with E-state index in [0.29, 0.717) is 0 Å². The van der Waals surface area contributed by atoms with Crippen molar-refractivity contribution in [3.63, 3.8) is 0 Å². The smallest absolute Gasteiger partial charge is 0.191 e. The largest absolute Gasteiger partial charge is 0.380 e. The standard InChI is InChI=1S/C15H31N3O.HI/c1-4-16-15(17-10-11-19-5-2)18-12-14-9-7-6-8-13(14)3;/h13-14H,4-12H2,1-3H3,(H2,16,17,18);1H. The number of hydrogen-bond acceptors (Lipinski definition) is 2. The van der Waals surface area contributed by atoms with Gasteiger partial charge in [0.25, 0.3) is 0 Å². The van der Waals surface area contributed by atoms with Crippen LogP contribution in [0.25, 0.3) is 0 Å². The van der Waals surface area contributed by atoms with E-state index in [9.17, 15) is 0 Å². The zero-order valence-electron chi connectivity index (χ0n) is 13.3. The minimum atomic E-state index is 0. The third-order valence-electron chi connectivity index (χ3n) is 3.86. The Morgan fingerprint density at radius 2 is 1.95 bits per heavy atom. The summed E-state index contributed by atoms with van der Waals surface area (Å²) >= 11 is 0. The summed E-state index contributed by atoms with van der Waals surface area (Å²) in [5, 5.41) is 6.62. The monoisotopic (exact) mass is 397 g/mol. The maximum Gasteiger partial charge on any atom is 0.191 e. The van der Waals surface area contributed by atoms with Gasteiger partial charge in [0.2, 0.25) is 0 Å². The molecule has 0 aliphatic heterocycles. The molecular weight excluding hydrogens is 365 g/mol. The molecule has 0 aromatic rings. The molecule has 0 heterocycles. The van der Waals surface area contributed by atoms with Crippen molar-refractivity contribution in [2.45, 2.75) is 46.5 Å². The van der Waals surface area contributed by atoms with Gasteiger partial charge in [-0.3, -0.25) is 4.99 Å². The van der Waals surface area contributed by atoms with E-state index < -0.39 is 0 Å². The molecule has 0 bridgehead atoms. The van der Waals surface area contributed by atoms with Crippen LogP contribution in [0.5, 0.6) is 0 Å². The minimum Gasteiger partial charge on any atom is -0.380 e. The van der Waals surface area contributed by atoms with Crippen LogP contribution in [-0.2, 0) is 4.74 Å². The predicted octanol–water partition coefficient (Wildman–Crippen LogP) is 3.02. The second kappa shape index (κ2) is 12.7. The van der Waals surface area contributed by atoms with Gasteiger partial charge in [-0.05, 0) is 32.1 Å². The van der Waals surface area contributed by atoms with Crippen LogP contribution in [0, 0.1) is 11.8 Å². The van der Waals surface area contributed by atoms with Crippen LogP contribution in [-0.4, -0.2) is 38.8 Å². The molecule has 0 saturated heterocycles. The molecule has 20 heavy (non-hydrogen) atoms. The number of hydrogen-bond donors (Lipinski definition) is 2. The summed E-state index contributed by atoms with van der Waals surface area (Å²) in [4.78, 5) is 4.72. The third-order valence-corrected chi connectivity index (χ3v) is 3.86. The van der Waals surface area contributed by atoms with E-state index in [4.69, 9.17) is 9.73 Å². The molecule has 2 atom stereocenters. The summed E-state index contributed by atoms with van der Waals surface area (Å²) < 4.78 is 5.33. The van der Waals surface area contributed by atoms with Crippen LogP contribution >= 0.6 is 24.0 Å². The second-order valence-corrected chi connectivity index (χ2v) is 5.37. The fourth-order valence-corrected chi connectivity index (χ4v) is 2.60. The zero-order valence-corrected chi connectivity index (χ0v) is 15.6. The first-order valence-corrected chi connectivity index (χ1v) is 7.87. The summed E-state index contributed by atoms with van der Waals surface area (Å²) in [5.41, 5.74) is 0. The quantitative estimate of drug-likeness (QED) is 0.301. The molecule has 1 rings (SSSR count). The van der Waals surface area contributed by atoms with Crippen LogP contribution in [0.15, 0.2) is 4.99 Å². The van der Waals surface area contributed by atoms with Crippen molar-refractivity contribution in [1.82, 2.24) is 10.6 Å². The lowest BCUT2D eigenvalue weighted by Gasteiger charge is -2.27. The highest BCUT2D eigenvalue weighted by molar-refractivity contribution is 14.0. The topological polar surface area (TPSA) is 45.7 Å². The average molecular weight is 397 g/mol. The SMILES string of the molecule is CCNC(=NCC1CCCCC1C)NCCOCC.I. The highest BCUT2D eigenvalue weighted by Gasteiger charge is 2.20. The molecular formula is C15H32IN3O. The van der Waals surface area contributed by atoms with Gasteiger partial charge in [0.15, 0.2) is 5.96 Å². The van der Waals surface area contributed by atoms with Crippen molar-refractivity contribution in [2.75, 3.05) is 32.8 Å². The molecule has 1 saturated carbocycles. The molecule has 0 radical (unpaired) electrons. The molecule has 0 amide bonds. The van der Waals surface area contributed by atoms with Gasteiger partial charge in [0.1, 0.15) is 0 Å². The van der Waals surface area contributed by atoms with E-state index in [0.717, 1.165) is 50.6 Å². The molecule has 0 spiro atoms. The van der Waals surface area contributed by atoms with Gasteiger partial charge in [0.05, 0.1) is 6.61 Å². The van der Waals surface area contributed by atoms with Crippen LogP contribution < -0.4 is 10.6 Å². The van der Waals surface area contributed by atoms with E-state index in [2.05, 4.69) is 24.5 Å². The molecule has 0 aromatic heterocycles. The van der Waals surface area contributed by atoms with Crippen molar-refractivity contribution in [3.8, 4) is 0 Å². The van der Waals surface area contributed by atoms with Gasteiger partial charge >= 0.3 is 0 Å². The Hall–Kier alpha value is -0.0400. The van der Waals surface area contributed by atoms with Crippen molar-refractivity contribution in [3.05, 3.63) is 0 Å². The summed E-state index contributed by atoms with van der Waals surface area (Å²) in [6.45, 7) is 10.7. The van der Waals surface area contributed by atoms with Crippen LogP contribution in [0.1, 0.15) is 46.5 Å². The molecule has 1 aliphatic carbocycles. The molecule has 2 unspecified atom stereocenters. The van der Waals surface area contributed by atoms with Crippen LogP contribution in [0.2, 0.25) is 0 Å². The highest BCUT2D eigenvalue weighted by Crippen LogP contribution is 2.29. The lowest BCUT2D eigenvalue weighted by molar-refractivity contribution is 0.152. The van der Waals surface area contributed by atoms with E-state index >= 15 is 0 Å². The zero-order chi connectivity index (χ0) is 13.9. The number of nitrogens with one attached hydrogen (secondary N) is 2. The van der Waals surface area contributed by atoms with E-state index in [1.807, 2.05) is 6.92 Å². The maximum atomic E-state index is 5.33. The Kier molecular flexibility index (Phi) is 12.7. The van der Waals surface area contributed by atoms with Crippen molar-refractivity contribution >= 4 is 29.9 Å². The molecule has 120 valence electrons. The molecule has 1 aliphatic rings. The van der Waals surface area contributed by atoms with Crippen molar-refractivity contribution in [2.24, 2.45) is 16.8 Å². The van der Waals surface area contributed by atoms with Gasteiger partial charge in [-0.15, -0.1) is 24.0 Å². The van der Waals surface area contributed by atoms with Gasteiger partial charge in [-0.2, -0.15) is 0 Å². The summed E-state index contributed by atoms with van der Waals surface area (Å²) in [6, 6.07) is 0. The number of guanidine groups is 1. The Balaban J connectivity index is 0.00000361. The van der Waals surface area contributed by atoms with Gasteiger partial charge in [0, 0.05) is 26.2 Å². The fourth-order valence-electron chi connectivity index (χ4n) is 2.60. The second-order valence-electron chi connectivity index (χ2n) is 5.37. The Labute approximate surface area is 141 Å². The van der Waals surface area contributed by atoms with Gasteiger partial charge in [-0.1, -0.05) is 26.2 Å². The van der Waals surface area contributed by atoms with Crippen LogP contribution in [0.4, 0.5) is 0 Å². The van der Waals surface area contributed by atoms with Crippen molar-refractivity contribution in [1.29, 1.82) is 0 Å². The van der Waals surface area contributed by atoms with E-state index in [1.165, 1.54) is 25.7 Å². The first-order chi connectivity index (χ1) is 9.27. The van der Waals surface area contributed by atoms with E-state index in [-0.39, 0.29) is 24.0 Å². The predicted molar refractivity (Wildman–Crippen MR) is 97.0 cm³/mol. The number of rotatable bonds is 7. The summed E-state index contributed by atoms with van der Waals surface area (Å²) in [5.74, 6) is 2.51.